The van der Waals surface area contributed by atoms with Crippen LogP contribution in [0, 0.1) is 11.3 Å². The number of H-pyrrole nitrogens is 1. The van der Waals surface area contributed by atoms with E-state index < -0.39 is 0 Å². The summed E-state index contributed by atoms with van der Waals surface area (Å²) in [5.41, 5.74) is 0.0273. The van der Waals surface area contributed by atoms with Gasteiger partial charge in [-0.3, -0.25) is 4.79 Å². The SMILES string of the molecule is CCC(C)Cc1nc(NC2CCOC2)c(C=N)c(=O)[nH]1. The summed E-state index contributed by atoms with van der Waals surface area (Å²) in [6, 6.07) is 0.166. The Morgan fingerprint density at radius 1 is 1.65 bits per heavy atom. The third-order valence-corrected chi connectivity index (χ3v) is 3.66. The summed E-state index contributed by atoms with van der Waals surface area (Å²) in [7, 11) is 0. The van der Waals surface area contributed by atoms with Gasteiger partial charge in [0.15, 0.2) is 0 Å². The van der Waals surface area contributed by atoms with E-state index in [1.807, 2.05) is 0 Å². The normalized spacial score (nSPS) is 19.8. The van der Waals surface area contributed by atoms with Gasteiger partial charge in [0.05, 0.1) is 18.2 Å². The lowest BCUT2D eigenvalue weighted by molar-refractivity contribution is 0.195. The van der Waals surface area contributed by atoms with E-state index in [-0.39, 0.29) is 17.2 Å². The van der Waals surface area contributed by atoms with Crippen LogP contribution in [0.25, 0.3) is 0 Å². The molecule has 20 heavy (non-hydrogen) atoms. The van der Waals surface area contributed by atoms with Crippen molar-refractivity contribution in [2.75, 3.05) is 18.5 Å². The average Bonchev–Trinajstić information content (AvgIpc) is 2.91. The second-order valence-electron chi connectivity index (χ2n) is 5.34. The molecule has 0 aliphatic carbocycles. The zero-order chi connectivity index (χ0) is 14.5. The molecule has 3 N–H and O–H groups in total. The minimum absolute atomic E-state index is 0.166. The Kier molecular flexibility index (Phi) is 4.89. The number of anilines is 1. The molecule has 2 heterocycles. The topological polar surface area (TPSA) is 90.9 Å². The van der Waals surface area contributed by atoms with Crippen molar-refractivity contribution in [1.29, 1.82) is 5.41 Å². The summed E-state index contributed by atoms with van der Waals surface area (Å²) in [4.78, 5) is 19.3. The molecule has 2 unspecified atom stereocenters. The van der Waals surface area contributed by atoms with Crippen LogP contribution < -0.4 is 10.9 Å². The Morgan fingerprint density at radius 2 is 2.45 bits per heavy atom. The third kappa shape index (κ3) is 3.45. The molecule has 0 bridgehead atoms. The van der Waals surface area contributed by atoms with Crippen LogP contribution in [-0.4, -0.2) is 35.4 Å². The number of hydrogen-bond acceptors (Lipinski definition) is 5. The molecule has 0 saturated carbocycles. The number of ether oxygens (including phenoxy) is 1. The predicted molar refractivity (Wildman–Crippen MR) is 78.7 cm³/mol. The Bertz CT molecular complexity index is 520. The monoisotopic (exact) mass is 278 g/mol. The van der Waals surface area contributed by atoms with Crippen molar-refractivity contribution in [2.45, 2.75) is 39.2 Å². The highest BCUT2D eigenvalue weighted by atomic mass is 16.5. The molecule has 0 amide bonds. The maximum Gasteiger partial charge on any atom is 0.261 e. The Balaban J connectivity index is 2.26. The summed E-state index contributed by atoms with van der Waals surface area (Å²) < 4.78 is 5.31. The minimum atomic E-state index is -0.255. The van der Waals surface area contributed by atoms with Crippen molar-refractivity contribution in [3.05, 3.63) is 21.7 Å². The van der Waals surface area contributed by atoms with Crippen LogP contribution in [-0.2, 0) is 11.2 Å². The maximum atomic E-state index is 12.0. The van der Waals surface area contributed by atoms with Gasteiger partial charge in [0, 0.05) is 19.2 Å². The molecule has 0 radical (unpaired) electrons. The molecular weight excluding hydrogens is 256 g/mol. The van der Waals surface area contributed by atoms with E-state index in [1.165, 1.54) is 0 Å². The van der Waals surface area contributed by atoms with Gasteiger partial charge in [-0.05, 0) is 12.3 Å². The number of nitrogens with one attached hydrogen (secondary N) is 3. The smallest absolute Gasteiger partial charge is 0.261 e. The van der Waals surface area contributed by atoms with E-state index in [2.05, 4.69) is 29.1 Å². The predicted octanol–water partition coefficient (Wildman–Crippen LogP) is 1.56. The summed E-state index contributed by atoms with van der Waals surface area (Å²) in [5, 5.41) is 10.6. The lowest BCUT2D eigenvalue weighted by atomic mass is 10.1. The molecule has 0 spiro atoms. The van der Waals surface area contributed by atoms with E-state index in [4.69, 9.17) is 10.1 Å². The Morgan fingerprint density at radius 3 is 3.05 bits per heavy atom. The average molecular weight is 278 g/mol. The lowest BCUT2D eigenvalue weighted by Crippen LogP contribution is -2.26. The molecule has 1 aromatic rings. The highest BCUT2D eigenvalue weighted by Gasteiger charge is 2.19. The van der Waals surface area contributed by atoms with E-state index in [9.17, 15) is 4.79 Å². The summed E-state index contributed by atoms with van der Waals surface area (Å²) >= 11 is 0. The van der Waals surface area contributed by atoms with E-state index in [0.29, 0.717) is 24.2 Å². The zero-order valence-electron chi connectivity index (χ0n) is 12.0. The van der Waals surface area contributed by atoms with Gasteiger partial charge in [0.25, 0.3) is 5.56 Å². The first-order valence-electron chi connectivity index (χ1n) is 7.12. The molecule has 1 aliphatic rings. The first-order valence-corrected chi connectivity index (χ1v) is 7.12. The Hall–Kier alpha value is -1.69. The largest absolute Gasteiger partial charge is 0.379 e. The van der Waals surface area contributed by atoms with Crippen molar-refractivity contribution < 1.29 is 4.74 Å². The first-order chi connectivity index (χ1) is 9.63. The molecule has 6 heteroatoms. The molecule has 1 aromatic heterocycles. The molecule has 1 saturated heterocycles. The molecule has 2 atom stereocenters. The zero-order valence-corrected chi connectivity index (χ0v) is 12.0. The van der Waals surface area contributed by atoms with Crippen LogP contribution in [0.3, 0.4) is 0 Å². The molecule has 6 nitrogen and oxygen atoms in total. The van der Waals surface area contributed by atoms with Crippen molar-refractivity contribution >= 4 is 12.0 Å². The van der Waals surface area contributed by atoms with Crippen LogP contribution in [0.1, 0.15) is 38.1 Å². The summed E-state index contributed by atoms with van der Waals surface area (Å²) in [5.74, 6) is 1.64. The van der Waals surface area contributed by atoms with Crippen molar-refractivity contribution in [3.8, 4) is 0 Å². The second-order valence-corrected chi connectivity index (χ2v) is 5.34. The lowest BCUT2D eigenvalue weighted by Gasteiger charge is -2.15. The van der Waals surface area contributed by atoms with Gasteiger partial charge in [-0.2, -0.15) is 0 Å². The Labute approximate surface area is 118 Å². The van der Waals surface area contributed by atoms with E-state index >= 15 is 0 Å². The van der Waals surface area contributed by atoms with Crippen LogP contribution in [0.2, 0.25) is 0 Å². The number of hydrogen-bond donors (Lipinski definition) is 3. The number of aromatic nitrogens is 2. The molecule has 0 aromatic carbocycles. The van der Waals surface area contributed by atoms with E-state index in [0.717, 1.165) is 32.1 Å². The minimum Gasteiger partial charge on any atom is -0.379 e. The highest BCUT2D eigenvalue weighted by Crippen LogP contribution is 2.15. The summed E-state index contributed by atoms with van der Waals surface area (Å²) in [6.45, 7) is 5.58. The van der Waals surface area contributed by atoms with Crippen molar-refractivity contribution in [2.24, 2.45) is 5.92 Å². The number of nitrogens with zero attached hydrogens (tertiary/aromatic N) is 1. The van der Waals surface area contributed by atoms with Gasteiger partial charge < -0.3 is 20.4 Å². The van der Waals surface area contributed by atoms with Gasteiger partial charge >= 0.3 is 0 Å². The van der Waals surface area contributed by atoms with Crippen molar-refractivity contribution in [3.63, 3.8) is 0 Å². The van der Waals surface area contributed by atoms with Crippen LogP contribution in [0.15, 0.2) is 4.79 Å². The number of rotatable bonds is 6. The third-order valence-electron chi connectivity index (χ3n) is 3.66. The maximum absolute atomic E-state index is 12.0. The molecule has 110 valence electrons. The fraction of sp³-hybridized carbons (Fsp3) is 0.643. The quantitative estimate of drug-likeness (QED) is 0.689. The van der Waals surface area contributed by atoms with Gasteiger partial charge in [-0.1, -0.05) is 20.3 Å². The van der Waals surface area contributed by atoms with E-state index in [1.54, 1.807) is 0 Å². The molecular formula is C14H22N4O2. The van der Waals surface area contributed by atoms with Gasteiger partial charge in [0.1, 0.15) is 11.6 Å². The number of aromatic amines is 1. The summed E-state index contributed by atoms with van der Waals surface area (Å²) in [6.07, 6.45) is 3.72. The second kappa shape index (κ2) is 6.65. The molecule has 2 rings (SSSR count). The molecule has 1 aliphatic heterocycles. The van der Waals surface area contributed by atoms with Crippen LogP contribution in [0.5, 0.6) is 0 Å². The standard InChI is InChI=1S/C14H22N4O2/c1-3-9(2)6-12-17-13(11(7-15)14(19)18-12)16-10-4-5-20-8-10/h7,9-10,15H,3-6,8H2,1-2H3,(H2,16,17,18,19). The fourth-order valence-corrected chi connectivity index (χ4v) is 2.19. The van der Waals surface area contributed by atoms with Crippen molar-refractivity contribution in [1.82, 2.24) is 9.97 Å². The first kappa shape index (κ1) is 14.7. The van der Waals surface area contributed by atoms with Gasteiger partial charge in [0.2, 0.25) is 0 Å². The van der Waals surface area contributed by atoms with Crippen LogP contribution >= 0.6 is 0 Å². The fourth-order valence-electron chi connectivity index (χ4n) is 2.19. The molecule has 1 fully saturated rings. The highest BCUT2D eigenvalue weighted by molar-refractivity contribution is 5.83. The van der Waals surface area contributed by atoms with Crippen LogP contribution in [0.4, 0.5) is 5.82 Å². The van der Waals surface area contributed by atoms with Gasteiger partial charge in [-0.25, -0.2) is 4.98 Å². The van der Waals surface area contributed by atoms with Gasteiger partial charge in [-0.15, -0.1) is 0 Å².